The van der Waals surface area contributed by atoms with Crippen molar-refractivity contribution >= 4 is 0 Å². The van der Waals surface area contributed by atoms with Crippen molar-refractivity contribution in [3.8, 4) is 5.75 Å². The van der Waals surface area contributed by atoms with Crippen LogP contribution < -0.4 is 4.74 Å². The molecular formula is C22H34N4O3. The fourth-order valence-corrected chi connectivity index (χ4v) is 3.69. The lowest BCUT2D eigenvalue weighted by Crippen LogP contribution is -2.49. The van der Waals surface area contributed by atoms with Gasteiger partial charge in [0.15, 0.2) is 5.76 Å². The van der Waals surface area contributed by atoms with E-state index in [1.165, 1.54) is 0 Å². The van der Waals surface area contributed by atoms with E-state index in [0.717, 1.165) is 62.0 Å². The Morgan fingerprint density at radius 1 is 1.17 bits per heavy atom. The van der Waals surface area contributed by atoms with Crippen LogP contribution in [0.3, 0.4) is 0 Å². The number of piperazine rings is 1. The average Bonchev–Trinajstić information content (AvgIpc) is 3.11. The summed E-state index contributed by atoms with van der Waals surface area (Å²) in [5.41, 5.74) is 2.06. The summed E-state index contributed by atoms with van der Waals surface area (Å²) in [6, 6.07) is 10.0. The van der Waals surface area contributed by atoms with Crippen LogP contribution in [0.5, 0.6) is 5.75 Å². The molecule has 0 amide bonds. The molecule has 160 valence electrons. The first-order chi connectivity index (χ1) is 14.0. The van der Waals surface area contributed by atoms with Crippen molar-refractivity contribution in [1.29, 1.82) is 0 Å². The molecule has 1 aliphatic rings. The first-order valence-corrected chi connectivity index (χ1v) is 10.5. The number of hydrogen-bond donors (Lipinski definition) is 1. The lowest BCUT2D eigenvalue weighted by atomic mass is 10.2. The summed E-state index contributed by atoms with van der Waals surface area (Å²) in [7, 11) is 2.05. The highest BCUT2D eigenvalue weighted by atomic mass is 16.5. The minimum absolute atomic E-state index is 0.310. The van der Waals surface area contributed by atoms with Crippen molar-refractivity contribution in [1.82, 2.24) is 19.9 Å². The quantitative estimate of drug-likeness (QED) is 0.652. The molecule has 0 bridgehead atoms. The van der Waals surface area contributed by atoms with Gasteiger partial charge < -0.3 is 19.3 Å². The smallest absolute Gasteiger partial charge is 0.150 e. The van der Waals surface area contributed by atoms with Crippen molar-refractivity contribution in [2.75, 3.05) is 52.9 Å². The highest BCUT2D eigenvalue weighted by molar-refractivity contribution is 5.28. The van der Waals surface area contributed by atoms with E-state index in [0.29, 0.717) is 19.7 Å². The van der Waals surface area contributed by atoms with Crippen molar-refractivity contribution in [3.63, 3.8) is 0 Å². The summed E-state index contributed by atoms with van der Waals surface area (Å²) in [6.45, 7) is 11.9. The van der Waals surface area contributed by atoms with Crippen LogP contribution in [0.4, 0.5) is 0 Å². The van der Waals surface area contributed by atoms with Crippen molar-refractivity contribution in [2.24, 2.45) is 0 Å². The third-order valence-electron chi connectivity index (χ3n) is 5.28. The van der Waals surface area contributed by atoms with E-state index in [2.05, 4.69) is 32.8 Å². The Morgan fingerprint density at radius 2 is 1.93 bits per heavy atom. The second-order valence-electron chi connectivity index (χ2n) is 7.95. The summed E-state index contributed by atoms with van der Waals surface area (Å²) < 4.78 is 11.1. The van der Waals surface area contributed by atoms with Crippen molar-refractivity contribution in [3.05, 3.63) is 47.3 Å². The van der Waals surface area contributed by atoms with E-state index >= 15 is 0 Å². The predicted octanol–water partition coefficient (Wildman–Crippen LogP) is 1.99. The van der Waals surface area contributed by atoms with Crippen molar-refractivity contribution < 1.29 is 14.4 Å². The summed E-state index contributed by atoms with van der Waals surface area (Å²) in [6.07, 6.45) is -0.482. The normalized spacial score (nSPS) is 17.0. The molecule has 0 radical (unpaired) electrons. The van der Waals surface area contributed by atoms with Gasteiger partial charge in [0.1, 0.15) is 18.5 Å². The zero-order chi connectivity index (χ0) is 20.6. The van der Waals surface area contributed by atoms with Gasteiger partial charge in [-0.3, -0.25) is 9.80 Å². The molecular weight excluding hydrogens is 368 g/mol. The Labute approximate surface area is 173 Å². The molecule has 1 aromatic carbocycles. The number of hydrogen-bond acceptors (Lipinski definition) is 7. The molecule has 2 heterocycles. The number of likely N-dealkylation sites (N-methyl/N-ethyl adjacent to an activating group) is 1. The van der Waals surface area contributed by atoms with E-state index in [1.54, 1.807) is 0 Å². The molecule has 0 spiro atoms. The summed E-state index contributed by atoms with van der Waals surface area (Å²) >= 11 is 0. The second-order valence-corrected chi connectivity index (χ2v) is 7.95. The SMILES string of the molecule is CCN1CCN(CC(O)COc2cccc(CN(C)Cc3cc(C)no3)c2)CC1. The molecule has 0 saturated carbocycles. The number of β-amino-alcohol motifs (C(OH)–C–C–N with tert-alkyl or cyclic N) is 1. The third kappa shape index (κ3) is 7.12. The number of aromatic nitrogens is 1. The van der Waals surface area contributed by atoms with Gasteiger partial charge in [0.2, 0.25) is 0 Å². The van der Waals surface area contributed by atoms with Gasteiger partial charge in [-0.05, 0) is 38.2 Å². The first-order valence-electron chi connectivity index (χ1n) is 10.5. The molecule has 1 atom stereocenters. The number of aliphatic hydroxyl groups is 1. The van der Waals surface area contributed by atoms with Gasteiger partial charge in [0.25, 0.3) is 0 Å². The fraction of sp³-hybridized carbons (Fsp3) is 0.591. The minimum Gasteiger partial charge on any atom is -0.491 e. The molecule has 1 N–H and O–H groups in total. The Balaban J connectivity index is 1.42. The Morgan fingerprint density at radius 3 is 2.62 bits per heavy atom. The van der Waals surface area contributed by atoms with Gasteiger partial charge in [-0.15, -0.1) is 0 Å². The van der Waals surface area contributed by atoms with Gasteiger partial charge >= 0.3 is 0 Å². The molecule has 1 unspecified atom stereocenters. The zero-order valence-corrected chi connectivity index (χ0v) is 17.9. The van der Waals surface area contributed by atoms with Crippen molar-refractivity contribution in [2.45, 2.75) is 33.0 Å². The van der Waals surface area contributed by atoms with E-state index in [1.807, 2.05) is 38.2 Å². The maximum Gasteiger partial charge on any atom is 0.150 e. The van der Waals surface area contributed by atoms with Crippen LogP contribution in [0.25, 0.3) is 0 Å². The van der Waals surface area contributed by atoms with Crippen LogP contribution in [-0.2, 0) is 13.1 Å². The van der Waals surface area contributed by atoms with Crippen LogP contribution >= 0.6 is 0 Å². The first kappa shape index (κ1) is 21.8. The third-order valence-corrected chi connectivity index (χ3v) is 5.28. The van der Waals surface area contributed by atoms with E-state index in [9.17, 15) is 5.11 Å². The standard InChI is InChI=1S/C22H34N4O3/c1-4-25-8-10-26(11-9-25)15-20(27)17-28-21-7-5-6-19(13-21)14-24(3)16-22-12-18(2)23-29-22/h5-7,12-13,20,27H,4,8-11,14-17H2,1-3H3. The lowest BCUT2D eigenvalue weighted by Gasteiger charge is -2.34. The van der Waals surface area contributed by atoms with Crippen LogP contribution in [0, 0.1) is 6.92 Å². The summed E-state index contributed by atoms with van der Waals surface area (Å²) in [5.74, 6) is 1.65. The zero-order valence-electron chi connectivity index (χ0n) is 17.9. The van der Waals surface area contributed by atoms with Crippen LogP contribution in [0.15, 0.2) is 34.9 Å². The number of ether oxygens (including phenoxy) is 1. The maximum absolute atomic E-state index is 10.4. The Hall–Kier alpha value is -1.93. The second kappa shape index (κ2) is 10.7. The lowest BCUT2D eigenvalue weighted by molar-refractivity contribution is 0.0470. The number of benzene rings is 1. The topological polar surface area (TPSA) is 65.2 Å². The molecule has 1 aromatic heterocycles. The summed E-state index contributed by atoms with van der Waals surface area (Å²) in [5, 5.41) is 14.3. The molecule has 1 fully saturated rings. The molecule has 7 heteroatoms. The number of rotatable bonds is 10. The van der Waals surface area contributed by atoms with Gasteiger partial charge in [-0.1, -0.05) is 24.2 Å². The monoisotopic (exact) mass is 402 g/mol. The molecule has 3 rings (SSSR count). The average molecular weight is 403 g/mol. The Kier molecular flexibility index (Phi) is 8.06. The highest BCUT2D eigenvalue weighted by Gasteiger charge is 2.18. The molecule has 1 saturated heterocycles. The number of nitrogens with zero attached hydrogens (tertiary/aromatic N) is 4. The van der Waals surface area contributed by atoms with Gasteiger partial charge in [0.05, 0.1) is 12.2 Å². The molecule has 29 heavy (non-hydrogen) atoms. The Bertz CT molecular complexity index is 743. The van der Waals surface area contributed by atoms with Gasteiger partial charge in [-0.2, -0.15) is 0 Å². The van der Waals surface area contributed by atoms with E-state index in [-0.39, 0.29) is 0 Å². The highest BCUT2D eigenvalue weighted by Crippen LogP contribution is 2.16. The predicted molar refractivity (Wildman–Crippen MR) is 113 cm³/mol. The van der Waals surface area contributed by atoms with Crippen LogP contribution in [0.1, 0.15) is 23.9 Å². The molecule has 2 aromatic rings. The molecule has 1 aliphatic heterocycles. The molecule has 0 aliphatic carbocycles. The van der Waals surface area contributed by atoms with Crippen LogP contribution in [0.2, 0.25) is 0 Å². The van der Waals surface area contributed by atoms with E-state index in [4.69, 9.17) is 9.26 Å². The maximum atomic E-state index is 10.4. The summed E-state index contributed by atoms with van der Waals surface area (Å²) in [4.78, 5) is 6.92. The van der Waals surface area contributed by atoms with E-state index < -0.39 is 6.10 Å². The fourth-order valence-electron chi connectivity index (χ4n) is 3.69. The van der Waals surface area contributed by atoms with Gasteiger partial charge in [-0.25, -0.2) is 0 Å². The van der Waals surface area contributed by atoms with Crippen LogP contribution in [-0.4, -0.2) is 84.0 Å². The largest absolute Gasteiger partial charge is 0.491 e. The minimum atomic E-state index is -0.482. The number of aryl methyl sites for hydroxylation is 1. The molecule has 7 nitrogen and oxygen atoms in total. The number of aliphatic hydroxyl groups excluding tert-OH is 1. The van der Waals surface area contributed by atoms with Gasteiger partial charge in [0, 0.05) is 45.3 Å².